The van der Waals surface area contributed by atoms with Crippen LogP contribution in [0.15, 0.2) is 23.8 Å². The highest BCUT2D eigenvalue weighted by Crippen LogP contribution is 2.57. The summed E-state index contributed by atoms with van der Waals surface area (Å²) in [6.45, 7) is 3.53. The van der Waals surface area contributed by atoms with Gasteiger partial charge in [0, 0.05) is 18.8 Å². The molecule has 4 nitrogen and oxygen atoms in total. The van der Waals surface area contributed by atoms with Crippen LogP contribution in [0.4, 0.5) is 0 Å². The molecule has 3 aliphatic carbocycles. The van der Waals surface area contributed by atoms with Crippen LogP contribution >= 0.6 is 0 Å². The molecule has 0 heterocycles. The summed E-state index contributed by atoms with van der Waals surface area (Å²) in [5, 5.41) is 0. The molecule has 132 valence electrons. The van der Waals surface area contributed by atoms with Gasteiger partial charge in [-0.15, -0.1) is 0 Å². The molecule has 4 rings (SSSR count). The van der Waals surface area contributed by atoms with Gasteiger partial charge in [0.1, 0.15) is 5.78 Å². The van der Waals surface area contributed by atoms with Crippen molar-refractivity contribution in [2.75, 3.05) is 7.11 Å². The molecule has 0 bridgehead atoms. The average molecular weight is 340 g/mol. The Hall–Kier alpha value is -2.10. The van der Waals surface area contributed by atoms with Crippen molar-refractivity contribution in [3.63, 3.8) is 0 Å². The number of Topliss-reactive ketones (excluding diaryl/α,β-unsaturated/α-hetero) is 1. The Bertz CT molecular complexity index is 791. The Kier molecular flexibility index (Phi) is 3.75. The van der Waals surface area contributed by atoms with Crippen molar-refractivity contribution in [3.05, 3.63) is 34.9 Å². The van der Waals surface area contributed by atoms with Gasteiger partial charge in [-0.1, -0.05) is 11.6 Å². The van der Waals surface area contributed by atoms with Gasteiger partial charge in [0.05, 0.1) is 7.11 Å². The Morgan fingerprint density at radius 2 is 2.00 bits per heavy atom. The van der Waals surface area contributed by atoms with Gasteiger partial charge in [-0.3, -0.25) is 9.59 Å². The molecule has 0 aromatic heterocycles. The van der Waals surface area contributed by atoms with Crippen molar-refractivity contribution in [3.8, 4) is 11.5 Å². The third kappa shape index (κ3) is 2.42. The van der Waals surface area contributed by atoms with Crippen LogP contribution in [0.3, 0.4) is 0 Å². The number of rotatable bonds is 2. The van der Waals surface area contributed by atoms with Crippen LogP contribution in [0.5, 0.6) is 11.5 Å². The summed E-state index contributed by atoms with van der Waals surface area (Å²) in [6, 6.07) is 4.01. The smallest absolute Gasteiger partial charge is 0.308 e. The predicted octanol–water partition coefficient (Wildman–Crippen LogP) is 3.97. The predicted molar refractivity (Wildman–Crippen MR) is 93.9 cm³/mol. The number of ketones is 1. The maximum Gasteiger partial charge on any atom is 0.308 e. The Morgan fingerprint density at radius 3 is 2.72 bits per heavy atom. The van der Waals surface area contributed by atoms with Crippen LogP contribution < -0.4 is 9.47 Å². The number of allylic oxidation sites excluding steroid dienone is 2. The van der Waals surface area contributed by atoms with Crippen molar-refractivity contribution in [1.29, 1.82) is 0 Å². The molecule has 0 N–H and O–H groups in total. The molecular weight excluding hydrogens is 316 g/mol. The van der Waals surface area contributed by atoms with Gasteiger partial charge in [0.25, 0.3) is 0 Å². The molecule has 25 heavy (non-hydrogen) atoms. The highest BCUT2D eigenvalue weighted by Gasteiger charge is 2.50. The molecule has 0 unspecified atom stereocenters. The fourth-order valence-corrected chi connectivity index (χ4v) is 5.13. The van der Waals surface area contributed by atoms with Gasteiger partial charge in [0.2, 0.25) is 0 Å². The Balaban J connectivity index is 1.73. The van der Waals surface area contributed by atoms with E-state index in [1.165, 1.54) is 23.6 Å². The van der Waals surface area contributed by atoms with Crippen molar-refractivity contribution in [2.24, 2.45) is 11.3 Å². The number of carbonyl (C=O) groups excluding carboxylic acids is 2. The normalized spacial score (nSPS) is 30.0. The van der Waals surface area contributed by atoms with Crippen LogP contribution in [0, 0.1) is 11.3 Å². The lowest BCUT2D eigenvalue weighted by Crippen LogP contribution is -2.38. The number of benzene rings is 1. The molecule has 0 spiro atoms. The summed E-state index contributed by atoms with van der Waals surface area (Å²) in [5.74, 6) is 2.03. The molecule has 3 atom stereocenters. The molecule has 1 aromatic carbocycles. The molecule has 0 radical (unpaired) electrons. The summed E-state index contributed by atoms with van der Waals surface area (Å²) in [7, 11) is 1.60. The number of carbonyl (C=O) groups is 2. The number of fused-ring (bicyclic) bond motifs is 5. The zero-order chi connectivity index (χ0) is 17.8. The molecular formula is C21H24O4. The van der Waals surface area contributed by atoms with E-state index in [1.807, 2.05) is 12.1 Å². The van der Waals surface area contributed by atoms with Gasteiger partial charge < -0.3 is 9.47 Å². The van der Waals surface area contributed by atoms with Gasteiger partial charge in [0.15, 0.2) is 11.5 Å². The van der Waals surface area contributed by atoms with E-state index in [0.29, 0.717) is 35.5 Å². The highest BCUT2D eigenvalue weighted by atomic mass is 16.6. The number of methoxy groups -OCH3 is 1. The second-order valence-corrected chi connectivity index (χ2v) is 7.70. The van der Waals surface area contributed by atoms with Crippen LogP contribution in [0.1, 0.15) is 56.6 Å². The zero-order valence-corrected chi connectivity index (χ0v) is 15.1. The number of hydrogen-bond donors (Lipinski definition) is 0. The largest absolute Gasteiger partial charge is 0.493 e. The van der Waals surface area contributed by atoms with Gasteiger partial charge in [-0.2, -0.15) is 0 Å². The van der Waals surface area contributed by atoms with Crippen molar-refractivity contribution >= 4 is 11.8 Å². The summed E-state index contributed by atoms with van der Waals surface area (Å²) >= 11 is 0. The average Bonchev–Trinajstić information content (AvgIpc) is 2.89. The van der Waals surface area contributed by atoms with Crippen molar-refractivity contribution < 1.29 is 19.1 Å². The fraction of sp³-hybridized carbons (Fsp3) is 0.524. The van der Waals surface area contributed by atoms with Crippen LogP contribution in [0.2, 0.25) is 0 Å². The minimum absolute atomic E-state index is 0.236. The summed E-state index contributed by atoms with van der Waals surface area (Å²) in [6.07, 6.45) is 6.72. The first-order valence-electron chi connectivity index (χ1n) is 9.07. The van der Waals surface area contributed by atoms with E-state index < -0.39 is 0 Å². The van der Waals surface area contributed by atoms with Gasteiger partial charge in [-0.25, -0.2) is 0 Å². The number of hydrogen-bond acceptors (Lipinski definition) is 4. The van der Waals surface area contributed by atoms with E-state index in [2.05, 4.69) is 13.0 Å². The Labute approximate surface area is 148 Å². The first kappa shape index (κ1) is 16.4. The van der Waals surface area contributed by atoms with Gasteiger partial charge in [-0.05, 0) is 67.7 Å². The molecule has 0 aliphatic heterocycles. The lowest BCUT2D eigenvalue weighted by atomic mass is 9.58. The second-order valence-electron chi connectivity index (χ2n) is 7.70. The molecule has 1 fully saturated rings. The van der Waals surface area contributed by atoms with Crippen LogP contribution in [-0.2, 0) is 16.0 Å². The van der Waals surface area contributed by atoms with E-state index in [1.54, 1.807) is 7.11 Å². The summed E-state index contributed by atoms with van der Waals surface area (Å²) in [4.78, 5) is 23.7. The molecule has 4 heteroatoms. The number of ether oxygens (including phenoxy) is 2. The van der Waals surface area contributed by atoms with Crippen LogP contribution in [-0.4, -0.2) is 18.9 Å². The molecule has 1 aromatic rings. The third-order valence-corrected chi connectivity index (χ3v) is 6.40. The SMILES string of the molecule is COc1cc2c(cc1OC(C)=O)CC[C@H]1C3=CCC(=O)[C@@]3(C)CC[C@H]21. The topological polar surface area (TPSA) is 52.6 Å². The lowest BCUT2D eigenvalue weighted by Gasteiger charge is -2.45. The van der Waals surface area contributed by atoms with Crippen molar-refractivity contribution in [1.82, 2.24) is 0 Å². The van der Waals surface area contributed by atoms with E-state index >= 15 is 0 Å². The number of aryl methyl sites for hydroxylation is 1. The molecule has 1 saturated carbocycles. The molecule has 0 amide bonds. The van der Waals surface area contributed by atoms with E-state index in [-0.39, 0.29) is 11.4 Å². The number of esters is 1. The maximum atomic E-state index is 12.4. The van der Waals surface area contributed by atoms with E-state index in [4.69, 9.17) is 9.47 Å². The minimum Gasteiger partial charge on any atom is -0.493 e. The monoisotopic (exact) mass is 340 g/mol. The third-order valence-electron chi connectivity index (χ3n) is 6.40. The standard InChI is InChI=1S/C21H24O4/c1-12(22)25-19-10-13-4-5-15-14(16(13)11-18(19)24-3)8-9-21(2)17(15)6-7-20(21)23/h6,10-11,14-15H,4-5,7-9H2,1-3H3/t14-,15+,21-/m0/s1. The maximum absolute atomic E-state index is 12.4. The molecule has 3 aliphatic rings. The summed E-state index contributed by atoms with van der Waals surface area (Å²) in [5.41, 5.74) is 3.67. The lowest BCUT2D eigenvalue weighted by molar-refractivity contribution is -0.132. The van der Waals surface area contributed by atoms with E-state index in [0.717, 1.165) is 25.7 Å². The minimum atomic E-state index is -0.338. The van der Waals surface area contributed by atoms with Crippen LogP contribution in [0.25, 0.3) is 0 Å². The fourth-order valence-electron chi connectivity index (χ4n) is 5.13. The first-order chi connectivity index (χ1) is 11.9. The van der Waals surface area contributed by atoms with Gasteiger partial charge >= 0.3 is 5.97 Å². The quantitative estimate of drug-likeness (QED) is 0.464. The zero-order valence-electron chi connectivity index (χ0n) is 15.1. The van der Waals surface area contributed by atoms with Crippen molar-refractivity contribution in [2.45, 2.75) is 51.9 Å². The summed E-state index contributed by atoms with van der Waals surface area (Å²) < 4.78 is 10.8. The van der Waals surface area contributed by atoms with E-state index in [9.17, 15) is 9.59 Å². The Morgan fingerprint density at radius 1 is 1.20 bits per heavy atom. The first-order valence-corrected chi connectivity index (χ1v) is 9.07. The second kappa shape index (κ2) is 5.72. The molecule has 0 saturated heterocycles. The highest BCUT2D eigenvalue weighted by molar-refractivity contribution is 5.92.